The molecule has 5 nitrogen and oxygen atoms in total. The summed E-state index contributed by atoms with van der Waals surface area (Å²) < 4.78 is 10.8. The lowest BCUT2D eigenvalue weighted by Crippen LogP contribution is -2.56. The third kappa shape index (κ3) is 6.87. The number of benzene rings is 2. The number of carbonyl (C=O) groups excluding carboxylic acids is 2. The molecule has 0 aliphatic rings. The van der Waals surface area contributed by atoms with Crippen molar-refractivity contribution in [1.29, 1.82) is 0 Å². The Morgan fingerprint density at radius 3 is 1.37 bits per heavy atom. The molecule has 0 atom stereocenters. The zero-order valence-electron chi connectivity index (χ0n) is 16.3. The van der Waals surface area contributed by atoms with Gasteiger partial charge in [-0.2, -0.15) is 0 Å². The zero-order chi connectivity index (χ0) is 19.9. The summed E-state index contributed by atoms with van der Waals surface area (Å²) in [5, 5.41) is 3.39. The van der Waals surface area contributed by atoms with E-state index in [1.165, 1.54) is 0 Å². The van der Waals surface area contributed by atoms with E-state index in [0.29, 0.717) is 11.1 Å². The second-order valence-electron chi connectivity index (χ2n) is 7.78. The quantitative estimate of drug-likeness (QED) is 0.716. The molecule has 5 heteroatoms. The Morgan fingerprint density at radius 1 is 0.704 bits per heavy atom. The molecule has 0 fully saturated rings. The van der Waals surface area contributed by atoms with Crippen molar-refractivity contribution in [1.82, 2.24) is 5.32 Å². The van der Waals surface area contributed by atoms with Gasteiger partial charge in [-0.25, -0.2) is 9.59 Å². The summed E-state index contributed by atoms with van der Waals surface area (Å²) in [6, 6.07) is 17.8. The minimum absolute atomic E-state index is 0.191. The van der Waals surface area contributed by atoms with E-state index >= 15 is 0 Å². The van der Waals surface area contributed by atoms with Gasteiger partial charge in [0, 0.05) is 11.1 Å². The summed E-state index contributed by atoms with van der Waals surface area (Å²) in [7, 11) is 0. The van der Waals surface area contributed by atoms with Crippen LogP contribution in [0.2, 0.25) is 0 Å². The van der Waals surface area contributed by atoms with Crippen LogP contribution >= 0.6 is 0 Å². The van der Waals surface area contributed by atoms with Crippen molar-refractivity contribution in [3.05, 3.63) is 71.8 Å². The maximum atomic E-state index is 12.1. The molecular weight excluding hydrogens is 342 g/mol. The van der Waals surface area contributed by atoms with Crippen LogP contribution in [0.25, 0.3) is 0 Å². The standard InChI is InChI=1S/C22H27NO4/c1-21(2,15-26-19(24)17-11-7-5-8-12-17)23-22(3,4)16-27-20(25)18-13-9-6-10-14-18/h5-14,23H,15-16H2,1-4H3. The van der Waals surface area contributed by atoms with Crippen molar-refractivity contribution in [2.75, 3.05) is 13.2 Å². The van der Waals surface area contributed by atoms with Gasteiger partial charge in [-0.1, -0.05) is 36.4 Å². The molecule has 27 heavy (non-hydrogen) atoms. The number of rotatable bonds is 8. The summed E-state index contributed by atoms with van der Waals surface area (Å²) in [5.74, 6) is -0.724. The summed E-state index contributed by atoms with van der Waals surface area (Å²) in [6.07, 6.45) is 0. The number of esters is 2. The van der Waals surface area contributed by atoms with Gasteiger partial charge >= 0.3 is 11.9 Å². The van der Waals surface area contributed by atoms with Crippen LogP contribution in [-0.2, 0) is 9.47 Å². The zero-order valence-corrected chi connectivity index (χ0v) is 16.3. The van der Waals surface area contributed by atoms with Crippen LogP contribution < -0.4 is 5.32 Å². The minimum Gasteiger partial charge on any atom is -0.460 e. The van der Waals surface area contributed by atoms with Gasteiger partial charge in [-0.05, 0) is 52.0 Å². The largest absolute Gasteiger partial charge is 0.460 e. The maximum absolute atomic E-state index is 12.1. The average Bonchev–Trinajstić information content (AvgIpc) is 2.65. The monoisotopic (exact) mass is 369 g/mol. The van der Waals surface area contributed by atoms with Crippen molar-refractivity contribution in [3.8, 4) is 0 Å². The van der Waals surface area contributed by atoms with Gasteiger partial charge < -0.3 is 14.8 Å². The molecule has 0 unspecified atom stereocenters. The van der Waals surface area contributed by atoms with Gasteiger partial charge in [0.05, 0.1) is 11.1 Å². The minimum atomic E-state index is -0.493. The fourth-order valence-corrected chi connectivity index (χ4v) is 2.80. The lowest BCUT2D eigenvalue weighted by atomic mass is 9.98. The van der Waals surface area contributed by atoms with Crippen LogP contribution in [0.5, 0.6) is 0 Å². The molecule has 0 amide bonds. The van der Waals surface area contributed by atoms with Crippen LogP contribution in [-0.4, -0.2) is 36.2 Å². The van der Waals surface area contributed by atoms with E-state index in [4.69, 9.17) is 9.47 Å². The van der Waals surface area contributed by atoms with Crippen molar-refractivity contribution in [3.63, 3.8) is 0 Å². The van der Waals surface area contributed by atoms with E-state index in [1.807, 2.05) is 39.8 Å². The van der Waals surface area contributed by atoms with Crippen molar-refractivity contribution >= 4 is 11.9 Å². The highest BCUT2D eigenvalue weighted by molar-refractivity contribution is 5.89. The summed E-state index contributed by atoms with van der Waals surface area (Å²) in [5.41, 5.74) is 0.0499. The predicted octanol–water partition coefficient (Wildman–Crippen LogP) is 3.85. The van der Waals surface area contributed by atoms with Crippen molar-refractivity contribution in [2.45, 2.75) is 38.8 Å². The Balaban J connectivity index is 1.85. The highest BCUT2D eigenvalue weighted by Gasteiger charge is 2.30. The van der Waals surface area contributed by atoms with E-state index in [9.17, 15) is 9.59 Å². The normalized spacial score (nSPS) is 11.7. The molecule has 0 bridgehead atoms. The third-order valence-corrected chi connectivity index (χ3v) is 3.82. The summed E-state index contributed by atoms with van der Waals surface area (Å²) in [4.78, 5) is 24.2. The molecule has 0 spiro atoms. The van der Waals surface area contributed by atoms with Gasteiger partial charge in [-0.15, -0.1) is 0 Å². The maximum Gasteiger partial charge on any atom is 0.338 e. The number of hydrogen-bond donors (Lipinski definition) is 1. The first kappa shape index (κ1) is 20.6. The molecule has 0 aliphatic carbocycles. The smallest absolute Gasteiger partial charge is 0.338 e. The van der Waals surface area contributed by atoms with Crippen LogP contribution in [0.4, 0.5) is 0 Å². The highest BCUT2D eigenvalue weighted by atomic mass is 16.5. The van der Waals surface area contributed by atoms with Gasteiger partial charge in [0.2, 0.25) is 0 Å². The second-order valence-corrected chi connectivity index (χ2v) is 7.78. The lowest BCUT2D eigenvalue weighted by molar-refractivity contribution is 0.0253. The molecule has 0 aromatic heterocycles. The first-order valence-corrected chi connectivity index (χ1v) is 8.92. The van der Waals surface area contributed by atoms with E-state index in [1.54, 1.807) is 48.5 Å². The Bertz CT molecular complexity index is 689. The molecule has 2 aromatic carbocycles. The fourth-order valence-electron chi connectivity index (χ4n) is 2.80. The number of carbonyl (C=O) groups is 2. The van der Waals surface area contributed by atoms with Crippen LogP contribution in [0, 0.1) is 0 Å². The van der Waals surface area contributed by atoms with E-state index in [2.05, 4.69) is 5.32 Å². The molecule has 0 aliphatic heterocycles. The SMILES string of the molecule is CC(C)(COC(=O)c1ccccc1)NC(C)(C)COC(=O)c1ccccc1. The van der Waals surface area contributed by atoms with E-state index < -0.39 is 11.1 Å². The Kier molecular flexibility index (Phi) is 6.75. The number of ether oxygens (including phenoxy) is 2. The molecule has 1 N–H and O–H groups in total. The summed E-state index contributed by atoms with van der Waals surface area (Å²) in [6.45, 7) is 8.13. The summed E-state index contributed by atoms with van der Waals surface area (Å²) >= 11 is 0. The fraction of sp³-hybridized carbons (Fsp3) is 0.364. The second kappa shape index (κ2) is 8.82. The highest BCUT2D eigenvalue weighted by Crippen LogP contribution is 2.14. The molecule has 144 valence electrons. The Morgan fingerprint density at radius 2 is 1.04 bits per heavy atom. The van der Waals surface area contributed by atoms with Gasteiger partial charge in [0.25, 0.3) is 0 Å². The van der Waals surface area contributed by atoms with Crippen molar-refractivity contribution in [2.24, 2.45) is 0 Å². The van der Waals surface area contributed by atoms with E-state index in [-0.39, 0.29) is 25.2 Å². The van der Waals surface area contributed by atoms with Crippen molar-refractivity contribution < 1.29 is 19.1 Å². The number of hydrogen-bond acceptors (Lipinski definition) is 5. The Labute approximate surface area is 160 Å². The first-order chi connectivity index (χ1) is 12.7. The topological polar surface area (TPSA) is 64.6 Å². The van der Waals surface area contributed by atoms with Gasteiger partial charge in [-0.3, -0.25) is 0 Å². The molecule has 0 saturated carbocycles. The molecule has 2 rings (SSSR count). The molecule has 0 saturated heterocycles. The average molecular weight is 369 g/mol. The molecule has 0 radical (unpaired) electrons. The predicted molar refractivity (Wildman–Crippen MR) is 105 cm³/mol. The third-order valence-electron chi connectivity index (χ3n) is 3.82. The van der Waals surface area contributed by atoms with Crippen LogP contribution in [0.15, 0.2) is 60.7 Å². The van der Waals surface area contributed by atoms with Gasteiger partial charge in [0.1, 0.15) is 13.2 Å². The van der Waals surface area contributed by atoms with Gasteiger partial charge in [0.15, 0.2) is 0 Å². The van der Waals surface area contributed by atoms with Crippen LogP contribution in [0.3, 0.4) is 0 Å². The Hall–Kier alpha value is -2.66. The first-order valence-electron chi connectivity index (χ1n) is 8.92. The van der Waals surface area contributed by atoms with E-state index in [0.717, 1.165) is 0 Å². The molecule has 2 aromatic rings. The molecular formula is C22H27NO4. The lowest BCUT2D eigenvalue weighted by Gasteiger charge is -2.36. The number of nitrogens with one attached hydrogen (secondary N) is 1. The molecule has 0 heterocycles. The van der Waals surface area contributed by atoms with Crippen LogP contribution in [0.1, 0.15) is 48.4 Å².